The van der Waals surface area contributed by atoms with Gasteiger partial charge in [-0.05, 0) is 72.3 Å². The highest BCUT2D eigenvalue weighted by atomic mass is 32.1. The summed E-state index contributed by atoms with van der Waals surface area (Å²) in [6.45, 7) is 2.13. The van der Waals surface area contributed by atoms with Crippen molar-refractivity contribution in [2.24, 2.45) is 0 Å². The molecular formula is C35H36FN5O5S. The second-order valence-corrected chi connectivity index (χ2v) is 12.6. The fourth-order valence-corrected chi connectivity index (χ4v) is 6.63. The van der Waals surface area contributed by atoms with Gasteiger partial charge in [-0.1, -0.05) is 67.3 Å². The van der Waals surface area contributed by atoms with E-state index in [1.165, 1.54) is 17.0 Å². The Morgan fingerprint density at radius 3 is 2.43 bits per heavy atom. The van der Waals surface area contributed by atoms with Gasteiger partial charge in [-0.25, -0.2) is 4.39 Å². The Labute approximate surface area is 276 Å². The first kappa shape index (κ1) is 32.0. The van der Waals surface area contributed by atoms with Crippen LogP contribution in [0.15, 0.2) is 66.7 Å². The van der Waals surface area contributed by atoms with E-state index in [1.54, 1.807) is 42.5 Å². The number of carbonyl (C=O) groups is 3. The van der Waals surface area contributed by atoms with Crippen LogP contribution in [-0.4, -0.2) is 39.8 Å². The third-order valence-corrected chi connectivity index (χ3v) is 9.31. The van der Waals surface area contributed by atoms with E-state index >= 15 is 0 Å². The monoisotopic (exact) mass is 657 g/mol. The number of aromatic nitrogens is 1. The lowest BCUT2D eigenvalue weighted by Gasteiger charge is -2.31. The second-order valence-electron chi connectivity index (χ2n) is 11.9. The summed E-state index contributed by atoms with van der Waals surface area (Å²) in [6.07, 6.45) is 4.99. The molecule has 3 amide bonds. The molecule has 4 N–H and O–H groups in total. The topological polar surface area (TPSA) is 136 Å². The van der Waals surface area contributed by atoms with E-state index in [9.17, 15) is 18.8 Å². The van der Waals surface area contributed by atoms with Gasteiger partial charge in [-0.2, -0.15) is 4.37 Å². The molecule has 3 aromatic carbocycles. The van der Waals surface area contributed by atoms with E-state index in [-0.39, 0.29) is 48.0 Å². The van der Waals surface area contributed by atoms with E-state index in [2.05, 4.69) is 15.0 Å². The Morgan fingerprint density at radius 1 is 0.979 bits per heavy atom. The Morgan fingerprint density at radius 2 is 1.68 bits per heavy atom. The molecule has 1 aromatic heterocycles. The molecule has 1 aliphatic heterocycles. The SMILES string of the molecule is Cc1ccc([C@@H](C(=O)NCc2ccc(F)cc2)N(Cc2ccc3c(c2)OCO3)C(=O)c2snc(C(=O)NC3CCCCC3)c2N)cc1. The zero-order chi connectivity index (χ0) is 32.9. The lowest BCUT2D eigenvalue weighted by atomic mass is 9.95. The summed E-state index contributed by atoms with van der Waals surface area (Å²) in [5.74, 6) is -0.700. The van der Waals surface area contributed by atoms with Crippen molar-refractivity contribution in [3.05, 3.63) is 105 Å². The average Bonchev–Trinajstić information content (AvgIpc) is 3.71. The summed E-state index contributed by atoms with van der Waals surface area (Å²) in [5.41, 5.74) is 9.36. The van der Waals surface area contributed by atoms with E-state index in [4.69, 9.17) is 15.2 Å². The third-order valence-electron chi connectivity index (χ3n) is 8.46. The predicted molar refractivity (Wildman–Crippen MR) is 175 cm³/mol. The van der Waals surface area contributed by atoms with Gasteiger partial charge in [-0.3, -0.25) is 14.4 Å². The van der Waals surface area contributed by atoms with Crippen LogP contribution < -0.4 is 25.8 Å². The summed E-state index contributed by atoms with van der Waals surface area (Å²) in [6, 6.07) is 17.4. The van der Waals surface area contributed by atoms with Crippen LogP contribution in [-0.2, 0) is 17.9 Å². The first-order chi connectivity index (χ1) is 22.8. The molecule has 6 rings (SSSR count). The molecule has 244 valence electrons. The van der Waals surface area contributed by atoms with Gasteiger partial charge in [0.25, 0.3) is 11.8 Å². The van der Waals surface area contributed by atoms with Crippen LogP contribution in [0.5, 0.6) is 11.5 Å². The van der Waals surface area contributed by atoms with Crippen molar-refractivity contribution < 1.29 is 28.2 Å². The van der Waals surface area contributed by atoms with E-state index in [0.717, 1.165) is 49.2 Å². The van der Waals surface area contributed by atoms with Crippen molar-refractivity contribution in [3.63, 3.8) is 0 Å². The number of hydrogen-bond donors (Lipinski definition) is 3. The minimum absolute atomic E-state index is 0.000370. The fraction of sp³-hybridized carbons (Fsp3) is 0.314. The number of rotatable bonds is 10. The molecule has 0 unspecified atom stereocenters. The molecule has 10 nitrogen and oxygen atoms in total. The standard InChI is InChI=1S/C35H36FN5O5S/c1-21-7-12-24(13-8-21)31(34(43)38-18-22-9-14-25(36)15-10-22)41(19-23-11-16-27-28(17-23)46-20-45-27)35(44)32-29(37)30(40-47-32)33(42)39-26-5-3-2-4-6-26/h7-17,26,31H,2-6,18-20,37H2,1H3,(H,38,43)(H,39,42)/t31-/m0/s1. The number of halogens is 1. The van der Waals surface area contributed by atoms with Gasteiger partial charge in [0.05, 0.1) is 5.69 Å². The van der Waals surface area contributed by atoms with E-state index in [0.29, 0.717) is 28.2 Å². The van der Waals surface area contributed by atoms with Crippen molar-refractivity contribution in [3.8, 4) is 11.5 Å². The van der Waals surface area contributed by atoms with Crippen LogP contribution in [0.3, 0.4) is 0 Å². The normalized spacial score (nSPS) is 14.8. The summed E-state index contributed by atoms with van der Waals surface area (Å²) in [7, 11) is 0. The van der Waals surface area contributed by atoms with Gasteiger partial charge in [0.1, 0.15) is 16.7 Å². The van der Waals surface area contributed by atoms with E-state index < -0.39 is 23.8 Å². The third kappa shape index (κ3) is 7.38. The second kappa shape index (κ2) is 14.2. The van der Waals surface area contributed by atoms with Crippen molar-refractivity contribution in [1.29, 1.82) is 0 Å². The number of hydrogen-bond acceptors (Lipinski definition) is 8. The van der Waals surface area contributed by atoms with E-state index in [1.807, 2.05) is 19.1 Å². The molecule has 2 aliphatic rings. The number of carbonyl (C=O) groups excluding carboxylic acids is 3. The number of benzene rings is 3. The molecule has 0 bridgehead atoms. The number of fused-ring (bicyclic) bond motifs is 1. The largest absolute Gasteiger partial charge is 0.454 e. The minimum Gasteiger partial charge on any atom is -0.454 e. The Bertz CT molecular complexity index is 1760. The van der Waals surface area contributed by atoms with Gasteiger partial charge < -0.3 is 30.7 Å². The predicted octanol–water partition coefficient (Wildman–Crippen LogP) is 5.66. The number of nitrogens with one attached hydrogen (secondary N) is 2. The molecule has 47 heavy (non-hydrogen) atoms. The fourth-order valence-electron chi connectivity index (χ4n) is 5.87. The van der Waals surface area contributed by atoms with Crippen LogP contribution in [0.1, 0.15) is 80.6 Å². The van der Waals surface area contributed by atoms with Crippen LogP contribution >= 0.6 is 11.5 Å². The van der Waals surface area contributed by atoms with Crippen molar-refractivity contribution in [2.75, 3.05) is 12.5 Å². The van der Waals surface area contributed by atoms with Gasteiger partial charge >= 0.3 is 0 Å². The van der Waals surface area contributed by atoms with Crippen molar-refractivity contribution >= 4 is 34.9 Å². The molecule has 1 aliphatic carbocycles. The molecule has 0 radical (unpaired) electrons. The summed E-state index contributed by atoms with van der Waals surface area (Å²) in [5, 5.41) is 5.94. The molecule has 0 saturated heterocycles. The van der Waals surface area contributed by atoms with Gasteiger partial charge in [0.15, 0.2) is 17.2 Å². The van der Waals surface area contributed by atoms with Gasteiger partial charge in [0, 0.05) is 19.1 Å². The highest BCUT2D eigenvalue weighted by Gasteiger charge is 2.35. The summed E-state index contributed by atoms with van der Waals surface area (Å²) in [4.78, 5) is 43.3. The Balaban J connectivity index is 1.35. The number of nitrogens with two attached hydrogens (primary N) is 1. The molecule has 1 saturated carbocycles. The Kier molecular flexibility index (Phi) is 9.67. The Hall–Kier alpha value is -4.97. The van der Waals surface area contributed by atoms with Crippen LogP contribution in [0.25, 0.3) is 0 Å². The highest BCUT2D eigenvalue weighted by molar-refractivity contribution is 7.09. The number of amides is 3. The molecule has 0 spiro atoms. The minimum atomic E-state index is -1.10. The van der Waals surface area contributed by atoms with Gasteiger partial charge in [-0.15, -0.1) is 0 Å². The molecule has 1 fully saturated rings. The number of nitrogen functional groups attached to an aromatic ring is 1. The van der Waals surface area contributed by atoms with Crippen molar-refractivity contribution in [2.45, 2.75) is 64.2 Å². The lowest BCUT2D eigenvalue weighted by Crippen LogP contribution is -2.43. The number of nitrogens with zero attached hydrogens (tertiary/aromatic N) is 2. The number of anilines is 1. The smallest absolute Gasteiger partial charge is 0.273 e. The number of ether oxygens (including phenoxy) is 2. The molecule has 12 heteroatoms. The maximum Gasteiger partial charge on any atom is 0.273 e. The highest BCUT2D eigenvalue weighted by Crippen LogP contribution is 2.35. The van der Waals surface area contributed by atoms with Crippen LogP contribution in [0, 0.1) is 12.7 Å². The maximum absolute atomic E-state index is 14.5. The first-order valence-electron chi connectivity index (χ1n) is 15.6. The van der Waals surface area contributed by atoms with Gasteiger partial charge in [0.2, 0.25) is 12.7 Å². The first-order valence-corrected chi connectivity index (χ1v) is 16.4. The molecule has 1 atom stereocenters. The lowest BCUT2D eigenvalue weighted by molar-refractivity contribution is -0.126. The summed E-state index contributed by atoms with van der Waals surface area (Å²) < 4.78 is 28.9. The van der Waals surface area contributed by atoms with Crippen molar-refractivity contribution in [1.82, 2.24) is 19.9 Å². The molecular weight excluding hydrogens is 621 g/mol. The maximum atomic E-state index is 14.5. The number of aryl methyl sites for hydroxylation is 1. The van der Waals surface area contributed by atoms with Crippen LogP contribution in [0.2, 0.25) is 0 Å². The quantitative estimate of drug-likeness (QED) is 0.200. The molecule has 4 aromatic rings. The average molecular weight is 658 g/mol. The molecule has 2 heterocycles. The van der Waals surface area contributed by atoms with Crippen LogP contribution in [0.4, 0.5) is 10.1 Å². The zero-order valence-corrected chi connectivity index (χ0v) is 26.8. The summed E-state index contributed by atoms with van der Waals surface area (Å²) >= 11 is 0.833. The zero-order valence-electron chi connectivity index (χ0n) is 26.0.